The highest BCUT2D eigenvalue weighted by atomic mass is 16.5. The largest absolute Gasteiger partial charge is 0.377 e. The molecule has 0 bridgehead atoms. The number of ether oxygens (including phenoxy) is 1. The Bertz CT molecular complexity index is 230. The lowest BCUT2D eigenvalue weighted by Gasteiger charge is -2.41. The molecule has 1 aliphatic heterocycles. The Morgan fingerprint density at radius 2 is 2.27 bits per heavy atom. The van der Waals surface area contributed by atoms with E-state index in [0.29, 0.717) is 12.2 Å². The lowest BCUT2D eigenvalue weighted by Crippen LogP contribution is -2.52. The summed E-state index contributed by atoms with van der Waals surface area (Å²) in [6.45, 7) is 7.95. The van der Waals surface area contributed by atoms with E-state index in [1.807, 2.05) is 13.8 Å². The minimum Gasteiger partial charge on any atom is -0.377 e. The second-order valence-electron chi connectivity index (χ2n) is 4.72. The van der Waals surface area contributed by atoms with Crippen LogP contribution >= 0.6 is 0 Å². The molecule has 88 valence electrons. The van der Waals surface area contributed by atoms with E-state index in [1.165, 1.54) is 0 Å². The van der Waals surface area contributed by atoms with Crippen molar-refractivity contribution in [3.8, 4) is 0 Å². The molecular weight excluding hydrogens is 190 g/mol. The maximum atomic E-state index is 11.6. The third kappa shape index (κ3) is 3.02. The highest BCUT2D eigenvalue weighted by molar-refractivity contribution is 5.83. The van der Waals surface area contributed by atoms with Crippen molar-refractivity contribution in [3.05, 3.63) is 0 Å². The molecule has 0 N–H and O–H groups in total. The first-order valence-corrected chi connectivity index (χ1v) is 5.84. The van der Waals surface area contributed by atoms with E-state index >= 15 is 0 Å². The van der Waals surface area contributed by atoms with E-state index < -0.39 is 0 Å². The van der Waals surface area contributed by atoms with Gasteiger partial charge in [-0.3, -0.25) is 9.69 Å². The Kier molecular flexibility index (Phi) is 4.29. The third-order valence-electron chi connectivity index (χ3n) is 3.54. The summed E-state index contributed by atoms with van der Waals surface area (Å²) < 4.78 is 5.52. The molecule has 0 spiro atoms. The quantitative estimate of drug-likeness (QED) is 0.714. The molecule has 0 amide bonds. The molecule has 2 unspecified atom stereocenters. The van der Waals surface area contributed by atoms with E-state index in [-0.39, 0.29) is 11.6 Å². The molecule has 1 saturated heterocycles. The maximum Gasteiger partial charge on any atom is 0.149 e. The van der Waals surface area contributed by atoms with E-state index in [0.717, 1.165) is 25.9 Å². The molecule has 0 radical (unpaired) electrons. The fraction of sp³-hybridized carbons (Fsp3) is 0.917. The molecule has 3 heteroatoms. The summed E-state index contributed by atoms with van der Waals surface area (Å²) in [5, 5.41) is 0. The van der Waals surface area contributed by atoms with Crippen molar-refractivity contribution < 1.29 is 9.53 Å². The van der Waals surface area contributed by atoms with Crippen molar-refractivity contribution in [1.29, 1.82) is 0 Å². The van der Waals surface area contributed by atoms with E-state index in [9.17, 15) is 4.79 Å². The molecular formula is C12H23NO2. The summed E-state index contributed by atoms with van der Waals surface area (Å²) in [5.41, 5.74) is -0.0689. The average Bonchev–Trinajstić information content (AvgIpc) is 2.27. The van der Waals surface area contributed by atoms with Crippen molar-refractivity contribution in [2.45, 2.75) is 51.7 Å². The van der Waals surface area contributed by atoms with Crippen molar-refractivity contribution in [1.82, 2.24) is 4.90 Å². The van der Waals surface area contributed by atoms with Gasteiger partial charge in [-0.25, -0.2) is 0 Å². The number of Topliss-reactive ketones (excluding diaryl/α,β-unsaturated/α-hetero) is 1. The Hall–Kier alpha value is -0.410. The van der Waals surface area contributed by atoms with Crippen LogP contribution in [0.5, 0.6) is 0 Å². The fourth-order valence-electron chi connectivity index (χ4n) is 2.24. The molecule has 0 aromatic heterocycles. The van der Waals surface area contributed by atoms with Crippen LogP contribution in [-0.4, -0.2) is 42.5 Å². The highest BCUT2D eigenvalue weighted by Crippen LogP contribution is 2.25. The van der Waals surface area contributed by atoms with Gasteiger partial charge < -0.3 is 4.74 Å². The number of rotatable bonds is 4. The Balaban J connectivity index is 2.60. The summed E-state index contributed by atoms with van der Waals surface area (Å²) in [6.07, 6.45) is 2.83. The Labute approximate surface area is 92.8 Å². The predicted octanol–water partition coefficient (Wildman–Crippen LogP) is 1.85. The summed E-state index contributed by atoms with van der Waals surface area (Å²) in [7, 11) is 1.76. The maximum absolute atomic E-state index is 11.6. The zero-order valence-corrected chi connectivity index (χ0v) is 10.4. The topological polar surface area (TPSA) is 29.5 Å². The van der Waals surface area contributed by atoms with Crippen LogP contribution < -0.4 is 0 Å². The van der Waals surface area contributed by atoms with Gasteiger partial charge in [-0.05, 0) is 33.2 Å². The molecule has 1 heterocycles. The number of likely N-dealkylation sites (tertiary alicyclic amines) is 1. The summed E-state index contributed by atoms with van der Waals surface area (Å²) in [5.74, 6) is 0.329. The van der Waals surface area contributed by atoms with Crippen LogP contribution in [0, 0.1) is 0 Å². The Morgan fingerprint density at radius 1 is 1.60 bits per heavy atom. The summed E-state index contributed by atoms with van der Waals surface area (Å²) in [6, 6.07) is 0.0461. The second kappa shape index (κ2) is 5.08. The first-order chi connectivity index (χ1) is 7.02. The number of carbonyl (C=O) groups excluding carboxylic acids is 1. The number of carbonyl (C=O) groups is 1. The summed E-state index contributed by atoms with van der Waals surface area (Å²) >= 11 is 0. The first-order valence-electron chi connectivity index (χ1n) is 5.84. The van der Waals surface area contributed by atoms with Gasteiger partial charge in [-0.15, -0.1) is 0 Å². The molecule has 1 aliphatic rings. The van der Waals surface area contributed by atoms with E-state index in [2.05, 4.69) is 11.8 Å². The van der Waals surface area contributed by atoms with Crippen LogP contribution in [0.25, 0.3) is 0 Å². The van der Waals surface area contributed by atoms with Gasteiger partial charge in [0.25, 0.3) is 0 Å². The minimum atomic E-state index is -0.0689. The van der Waals surface area contributed by atoms with Gasteiger partial charge >= 0.3 is 0 Å². The monoisotopic (exact) mass is 213 g/mol. The van der Waals surface area contributed by atoms with Gasteiger partial charge in [0.2, 0.25) is 0 Å². The number of ketones is 1. The molecule has 15 heavy (non-hydrogen) atoms. The lowest BCUT2D eigenvalue weighted by molar-refractivity contribution is -0.127. The molecule has 1 fully saturated rings. The van der Waals surface area contributed by atoms with Crippen LogP contribution in [-0.2, 0) is 9.53 Å². The lowest BCUT2D eigenvalue weighted by atomic mass is 9.93. The van der Waals surface area contributed by atoms with Crippen LogP contribution in [0.2, 0.25) is 0 Å². The SMILES string of the molecule is CCC(=O)C(C)N1CCCC(C)(OC)C1. The predicted molar refractivity (Wildman–Crippen MR) is 61.0 cm³/mol. The van der Waals surface area contributed by atoms with Gasteiger partial charge in [-0.1, -0.05) is 6.92 Å². The zero-order valence-electron chi connectivity index (χ0n) is 10.4. The van der Waals surface area contributed by atoms with Crippen LogP contribution in [0.4, 0.5) is 0 Å². The standard InChI is InChI=1S/C12H23NO2/c1-5-11(14)10(2)13-8-6-7-12(3,9-13)15-4/h10H,5-9H2,1-4H3. The molecule has 1 rings (SSSR count). The minimum absolute atomic E-state index is 0.0461. The number of piperidine rings is 1. The van der Waals surface area contributed by atoms with Crippen LogP contribution in [0.15, 0.2) is 0 Å². The highest BCUT2D eigenvalue weighted by Gasteiger charge is 2.34. The number of nitrogens with zero attached hydrogens (tertiary/aromatic N) is 1. The number of hydrogen-bond donors (Lipinski definition) is 0. The van der Waals surface area contributed by atoms with E-state index in [4.69, 9.17) is 4.74 Å². The number of methoxy groups -OCH3 is 1. The van der Waals surface area contributed by atoms with Gasteiger partial charge in [0.1, 0.15) is 5.78 Å². The van der Waals surface area contributed by atoms with Crippen molar-refractivity contribution >= 4 is 5.78 Å². The van der Waals surface area contributed by atoms with Crippen LogP contribution in [0.3, 0.4) is 0 Å². The van der Waals surface area contributed by atoms with Crippen molar-refractivity contribution in [2.75, 3.05) is 20.2 Å². The Morgan fingerprint density at radius 3 is 2.80 bits per heavy atom. The summed E-state index contributed by atoms with van der Waals surface area (Å²) in [4.78, 5) is 13.9. The molecule has 0 aliphatic carbocycles. The first kappa shape index (κ1) is 12.7. The molecule has 2 atom stereocenters. The van der Waals surface area contributed by atoms with E-state index in [1.54, 1.807) is 7.11 Å². The molecule has 0 saturated carbocycles. The zero-order chi connectivity index (χ0) is 11.5. The van der Waals surface area contributed by atoms with Gasteiger partial charge in [-0.2, -0.15) is 0 Å². The molecule has 0 aromatic carbocycles. The smallest absolute Gasteiger partial charge is 0.149 e. The average molecular weight is 213 g/mol. The van der Waals surface area contributed by atoms with Gasteiger partial charge in [0, 0.05) is 20.1 Å². The third-order valence-corrected chi connectivity index (χ3v) is 3.54. The van der Waals surface area contributed by atoms with Crippen molar-refractivity contribution in [2.24, 2.45) is 0 Å². The van der Waals surface area contributed by atoms with Gasteiger partial charge in [0.15, 0.2) is 0 Å². The second-order valence-corrected chi connectivity index (χ2v) is 4.72. The normalized spacial score (nSPS) is 30.1. The van der Waals surface area contributed by atoms with Gasteiger partial charge in [0.05, 0.1) is 11.6 Å². The molecule has 3 nitrogen and oxygen atoms in total. The molecule has 0 aromatic rings. The van der Waals surface area contributed by atoms with Crippen molar-refractivity contribution in [3.63, 3.8) is 0 Å². The van der Waals surface area contributed by atoms with Crippen LogP contribution in [0.1, 0.15) is 40.0 Å². The number of hydrogen-bond acceptors (Lipinski definition) is 3. The fourth-order valence-corrected chi connectivity index (χ4v) is 2.24.